The van der Waals surface area contributed by atoms with Gasteiger partial charge in [0, 0.05) is 12.1 Å². The van der Waals surface area contributed by atoms with Crippen molar-refractivity contribution in [3.8, 4) is 0 Å². The first kappa shape index (κ1) is 10.2. The fourth-order valence-electron chi connectivity index (χ4n) is 1.82. The molecule has 2 nitrogen and oxygen atoms in total. The lowest BCUT2D eigenvalue weighted by Crippen LogP contribution is -2.51. The molecule has 1 aliphatic heterocycles. The minimum absolute atomic E-state index is 0.104. The van der Waals surface area contributed by atoms with Gasteiger partial charge in [-0.25, -0.2) is 0 Å². The summed E-state index contributed by atoms with van der Waals surface area (Å²) < 4.78 is 0. The first-order chi connectivity index (χ1) is 5.58. The quantitative estimate of drug-likeness (QED) is 0.414. The molecular weight excluding hydrogens is 218 g/mol. The maximum Gasteiger partial charge on any atom is 0.148 e. The van der Waals surface area contributed by atoms with Crippen LogP contribution in [0.5, 0.6) is 0 Å². The summed E-state index contributed by atoms with van der Waals surface area (Å²) in [5.74, 6) is 0. The molecule has 0 aliphatic carbocycles. The zero-order valence-electron chi connectivity index (χ0n) is 7.72. The minimum atomic E-state index is -0.104. The summed E-state index contributed by atoms with van der Waals surface area (Å²) in [6.45, 7) is 5.43. The molecule has 1 atom stereocenters. The highest BCUT2D eigenvalue weighted by atomic mass is 79.9. The number of halogens is 1. The van der Waals surface area contributed by atoms with E-state index in [-0.39, 0.29) is 10.5 Å². The van der Waals surface area contributed by atoms with E-state index in [4.69, 9.17) is 0 Å². The average molecular weight is 234 g/mol. The van der Waals surface area contributed by atoms with Gasteiger partial charge in [-0.2, -0.15) is 0 Å². The molecule has 0 bridgehead atoms. The van der Waals surface area contributed by atoms with Crippen LogP contribution in [-0.2, 0) is 4.79 Å². The van der Waals surface area contributed by atoms with Gasteiger partial charge < -0.3 is 4.79 Å². The number of likely N-dealkylation sites (tertiary alicyclic amines) is 1. The van der Waals surface area contributed by atoms with Crippen molar-refractivity contribution in [2.75, 3.05) is 6.54 Å². The highest BCUT2D eigenvalue weighted by Crippen LogP contribution is 2.30. The highest BCUT2D eigenvalue weighted by molar-refractivity contribution is 9.09. The number of hydrogen-bond acceptors (Lipinski definition) is 2. The highest BCUT2D eigenvalue weighted by Gasteiger charge is 2.33. The van der Waals surface area contributed by atoms with E-state index in [1.807, 2.05) is 0 Å². The molecule has 1 saturated heterocycles. The molecular formula is C9H16BrNO. The van der Waals surface area contributed by atoms with Gasteiger partial charge in [0.25, 0.3) is 0 Å². The molecule has 1 heterocycles. The Bertz CT molecular complexity index is 170. The van der Waals surface area contributed by atoms with Crippen LogP contribution in [0, 0.1) is 0 Å². The Hall–Kier alpha value is 0.110. The summed E-state index contributed by atoms with van der Waals surface area (Å²) >= 11 is 3.37. The van der Waals surface area contributed by atoms with E-state index in [0.717, 1.165) is 12.8 Å². The molecule has 70 valence electrons. The standard InChI is InChI=1S/C9H16BrNO/c1-9(2)5-3-4-6-11(9)8(10)7-12/h7-8H,3-6H2,1-2H3. The van der Waals surface area contributed by atoms with Crippen LogP contribution in [-0.4, -0.2) is 28.2 Å². The average Bonchev–Trinajstić information content (AvgIpc) is 2.02. The maximum atomic E-state index is 10.6. The fraction of sp³-hybridized carbons (Fsp3) is 0.889. The largest absolute Gasteiger partial charge is 0.301 e. The number of carbonyl (C=O) groups excluding carboxylic acids is 1. The van der Waals surface area contributed by atoms with E-state index in [9.17, 15) is 4.79 Å². The van der Waals surface area contributed by atoms with Gasteiger partial charge in [0.05, 0.1) is 0 Å². The van der Waals surface area contributed by atoms with Crippen LogP contribution in [0.15, 0.2) is 0 Å². The van der Waals surface area contributed by atoms with Crippen LogP contribution >= 0.6 is 15.9 Å². The first-order valence-electron chi connectivity index (χ1n) is 4.44. The number of hydrogen-bond donors (Lipinski definition) is 0. The second kappa shape index (κ2) is 3.88. The topological polar surface area (TPSA) is 20.3 Å². The second-order valence-electron chi connectivity index (χ2n) is 3.97. The van der Waals surface area contributed by atoms with Crippen molar-refractivity contribution in [3.63, 3.8) is 0 Å². The third-order valence-corrected chi connectivity index (χ3v) is 3.34. The van der Waals surface area contributed by atoms with Crippen LogP contribution in [0.3, 0.4) is 0 Å². The van der Waals surface area contributed by atoms with Crippen LogP contribution in [0.1, 0.15) is 33.1 Å². The van der Waals surface area contributed by atoms with E-state index < -0.39 is 0 Å². The van der Waals surface area contributed by atoms with Gasteiger partial charge in [-0.3, -0.25) is 4.90 Å². The third-order valence-electron chi connectivity index (χ3n) is 2.63. The lowest BCUT2D eigenvalue weighted by atomic mass is 9.90. The van der Waals surface area contributed by atoms with Crippen molar-refractivity contribution in [1.82, 2.24) is 4.90 Å². The molecule has 0 saturated carbocycles. The number of alkyl halides is 1. The molecule has 0 spiro atoms. The van der Waals surface area contributed by atoms with Crippen molar-refractivity contribution in [1.29, 1.82) is 0 Å². The van der Waals surface area contributed by atoms with Gasteiger partial charge >= 0.3 is 0 Å². The van der Waals surface area contributed by atoms with Crippen LogP contribution in [0.2, 0.25) is 0 Å². The molecule has 0 radical (unpaired) electrons. The SMILES string of the molecule is CC1(C)CCCCN1C(Br)C=O. The maximum absolute atomic E-state index is 10.6. The Balaban J connectivity index is 2.65. The zero-order valence-corrected chi connectivity index (χ0v) is 9.30. The monoisotopic (exact) mass is 233 g/mol. The van der Waals surface area contributed by atoms with Gasteiger partial charge in [0.2, 0.25) is 0 Å². The lowest BCUT2D eigenvalue weighted by molar-refractivity contribution is -0.111. The zero-order chi connectivity index (χ0) is 9.19. The molecule has 0 aromatic rings. The number of rotatable bonds is 2. The van der Waals surface area contributed by atoms with Gasteiger partial charge in [0.15, 0.2) is 0 Å². The van der Waals surface area contributed by atoms with E-state index in [2.05, 4.69) is 34.7 Å². The molecule has 12 heavy (non-hydrogen) atoms. The number of nitrogens with zero attached hydrogens (tertiary/aromatic N) is 1. The molecule has 1 fully saturated rings. The Morgan fingerprint density at radius 3 is 2.67 bits per heavy atom. The van der Waals surface area contributed by atoms with Crippen molar-refractivity contribution in [3.05, 3.63) is 0 Å². The Kier molecular flexibility index (Phi) is 3.29. The lowest BCUT2D eigenvalue weighted by Gasteiger charge is -2.43. The summed E-state index contributed by atoms with van der Waals surface area (Å²) in [6, 6.07) is 0. The predicted molar refractivity (Wildman–Crippen MR) is 53.4 cm³/mol. The molecule has 0 N–H and O–H groups in total. The van der Waals surface area contributed by atoms with Crippen molar-refractivity contribution >= 4 is 22.2 Å². The molecule has 1 rings (SSSR count). The van der Waals surface area contributed by atoms with Gasteiger partial charge in [0.1, 0.15) is 11.2 Å². The molecule has 3 heteroatoms. The summed E-state index contributed by atoms with van der Waals surface area (Å²) in [4.78, 5) is 12.7. The summed E-state index contributed by atoms with van der Waals surface area (Å²) in [7, 11) is 0. The number of piperidine rings is 1. The van der Waals surface area contributed by atoms with E-state index >= 15 is 0 Å². The molecule has 0 aromatic heterocycles. The summed E-state index contributed by atoms with van der Waals surface area (Å²) in [5.41, 5.74) is 0.174. The Morgan fingerprint density at radius 1 is 1.50 bits per heavy atom. The van der Waals surface area contributed by atoms with Crippen molar-refractivity contribution in [2.24, 2.45) is 0 Å². The van der Waals surface area contributed by atoms with Crippen LogP contribution in [0.25, 0.3) is 0 Å². The smallest absolute Gasteiger partial charge is 0.148 e. The molecule has 1 aliphatic rings. The summed E-state index contributed by atoms with van der Waals surface area (Å²) in [6.07, 6.45) is 4.64. The van der Waals surface area contributed by atoms with Gasteiger partial charge in [-0.1, -0.05) is 22.4 Å². The molecule has 0 amide bonds. The van der Waals surface area contributed by atoms with Gasteiger partial charge in [-0.05, 0) is 26.7 Å². The number of carbonyl (C=O) groups is 1. The van der Waals surface area contributed by atoms with E-state index in [1.165, 1.54) is 19.3 Å². The van der Waals surface area contributed by atoms with Crippen LogP contribution in [0.4, 0.5) is 0 Å². The number of aldehydes is 1. The second-order valence-corrected chi connectivity index (χ2v) is 4.91. The molecule has 1 unspecified atom stereocenters. The van der Waals surface area contributed by atoms with E-state index in [0.29, 0.717) is 0 Å². The van der Waals surface area contributed by atoms with Crippen molar-refractivity contribution in [2.45, 2.75) is 43.6 Å². The van der Waals surface area contributed by atoms with Gasteiger partial charge in [-0.15, -0.1) is 0 Å². The normalized spacial score (nSPS) is 26.6. The minimum Gasteiger partial charge on any atom is -0.301 e. The predicted octanol–water partition coefficient (Wildman–Crippen LogP) is 2.17. The van der Waals surface area contributed by atoms with Crippen molar-refractivity contribution < 1.29 is 4.79 Å². The Labute approximate surface area is 82.4 Å². The molecule has 0 aromatic carbocycles. The van der Waals surface area contributed by atoms with Crippen LogP contribution < -0.4 is 0 Å². The summed E-state index contributed by atoms with van der Waals surface area (Å²) in [5, 5.41) is 0. The third kappa shape index (κ3) is 2.07. The fourth-order valence-corrected chi connectivity index (χ4v) is 2.58. The first-order valence-corrected chi connectivity index (χ1v) is 5.35. The Morgan fingerprint density at radius 2 is 2.17 bits per heavy atom. The van der Waals surface area contributed by atoms with E-state index in [1.54, 1.807) is 0 Å².